The number of hydrogen-bond donors (Lipinski definition) is 3. The molecule has 0 bridgehead atoms. The van der Waals surface area contributed by atoms with E-state index in [2.05, 4.69) is 48.9 Å². The number of nitrogens with zero attached hydrogens (tertiary/aromatic N) is 1. The summed E-state index contributed by atoms with van der Waals surface area (Å²) in [4.78, 5) is 20.2. The molecule has 0 spiro atoms. The van der Waals surface area contributed by atoms with E-state index in [4.69, 9.17) is 9.72 Å². The molecular formula is C21H25N3O2S. The number of carbonyl (C=O) groups excluding carboxylic acids is 1. The highest BCUT2D eigenvalue weighted by atomic mass is 32.1. The van der Waals surface area contributed by atoms with Crippen LogP contribution in [0, 0.1) is 6.92 Å². The molecule has 2 N–H and O–H groups in total. The summed E-state index contributed by atoms with van der Waals surface area (Å²) >= 11 is 4.57. The van der Waals surface area contributed by atoms with E-state index in [0.29, 0.717) is 12.3 Å². The normalized spacial score (nSPS) is 11.6. The lowest BCUT2D eigenvalue weighted by Crippen LogP contribution is -2.35. The van der Waals surface area contributed by atoms with Crippen LogP contribution in [0.3, 0.4) is 0 Å². The smallest absolute Gasteiger partial charge is 0.216 e. The molecule has 0 saturated carbocycles. The van der Waals surface area contributed by atoms with Crippen LogP contribution in [0.2, 0.25) is 0 Å². The van der Waals surface area contributed by atoms with Crippen molar-refractivity contribution in [2.45, 2.75) is 38.0 Å². The molecule has 0 aliphatic carbocycles. The molecule has 6 heteroatoms. The van der Waals surface area contributed by atoms with Gasteiger partial charge in [-0.2, -0.15) is 0 Å². The molecule has 27 heavy (non-hydrogen) atoms. The van der Waals surface area contributed by atoms with Crippen LogP contribution in [-0.2, 0) is 10.2 Å². The first-order chi connectivity index (χ1) is 12.7. The number of aryl methyl sites for hydroxylation is 1. The Morgan fingerprint density at radius 2 is 2.04 bits per heavy atom. The lowest BCUT2D eigenvalue weighted by molar-refractivity contribution is -0.119. The van der Waals surface area contributed by atoms with Crippen LogP contribution in [0.5, 0.6) is 5.75 Å². The number of aromatic amines is 1. The predicted molar refractivity (Wildman–Crippen MR) is 112 cm³/mol. The lowest BCUT2D eigenvalue weighted by atomic mass is 9.84. The van der Waals surface area contributed by atoms with Gasteiger partial charge in [0.05, 0.1) is 23.7 Å². The predicted octanol–water partition coefficient (Wildman–Crippen LogP) is 4.25. The molecule has 5 nitrogen and oxygen atoms in total. The van der Waals surface area contributed by atoms with Crippen molar-refractivity contribution in [3.05, 3.63) is 41.5 Å². The van der Waals surface area contributed by atoms with Gasteiger partial charge in [0.25, 0.3) is 0 Å². The number of methoxy groups -OCH3 is 1. The molecule has 0 atom stereocenters. The van der Waals surface area contributed by atoms with Gasteiger partial charge in [0.2, 0.25) is 5.91 Å². The fraction of sp³-hybridized carbons (Fsp3) is 0.333. The van der Waals surface area contributed by atoms with E-state index >= 15 is 0 Å². The van der Waals surface area contributed by atoms with Crippen molar-refractivity contribution in [3.63, 3.8) is 0 Å². The number of hydrogen-bond acceptors (Lipinski definition) is 4. The average molecular weight is 384 g/mol. The Morgan fingerprint density at radius 3 is 2.70 bits per heavy atom. The fourth-order valence-corrected chi connectivity index (χ4v) is 3.35. The van der Waals surface area contributed by atoms with Crippen molar-refractivity contribution >= 4 is 29.6 Å². The molecule has 0 fully saturated rings. The highest BCUT2D eigenvalue weighted by Crippen LogP contribution is 2.37. The molecule has 1 heterocycles. The number of fused-ring (bicyclic) bond motifs is 1. The van der Waals surface area contributed by atoms with Crippen LogP contribution in [0.4, 0.5) is 0 Å². The van der Waals surface area contributed by atoms with Gasteiger partial charge in [-0.25, -0.2) is 4.98 Å². The average Bonchev–Trinajstić information content (AvgIpc) is 3.05. The largest absolute Gasteiger partial charge is 0.495 e. The van der Waals surface area contributed by atoms with Crippen molar-refractivity contribution in [1.82, 2.24) is 15.3 Å². The summed E-state index contributed by atoms with van der Waals surface area (Å²) in [5.74, 6) is 1.43. The van der Waals surface area contributed by atoms with E-state index in [-0.39, 0.29) is 11.3 Å². The maximum Gasteiger partial charge on any atom is 0.216 e. The second-order valence-electron chi connectivity index (χ2n) is 7.42. The zero-order valence-corrected chi connectivity index (χ0v) is 17.2. The van der Waals surface area contributed by atoms with Crippen LogP contribution in [0.15, 0.2) is 35.2 Å². The van der Waals surface area contributed by atoms with Crippen molar-refractivity contribution in [2.24, 2.45) is 0 Å². The first kappa shape index (κ1) is 19.3. The van der Waals surface area contributed by atoms with Gasteiger partial charge in [0.15, 0.2) is 0 Å². The minimum Gasteiger partial charge on any atom is -0.495 e. The van der Waals surface area contributed by atoms with Crippen LogP contribution in [0.25, 0.3) is 22.4 Å². The zero-order chi connectivity index (χ0) is 19.8. The van der Waals surface area contributed by atoms with Gasteiger partial charge in [-0.15, -0.1) is 12.6 Å². The Morgan fingerprint density at radius 1 is 1.30 bits per heavy atom. The van der Waals surface area contributed by atoms with E-state index in [1.807, 2.05) is 25.1 Å². The van der Waals surface area contributed by atoms with Crippen molar-refractivity contribution in [2.75, 3.05) is 13.7 Å². The number of rotatable bonds is 5. The maximum atomic E-state index is 11.3. The van der Waals surface area contributed by atoms with Crippen LogP contribution < -0.4 is 10.1 Å². The van der Waals surface area contributed by atoms with Gasteiger partial charge in [-0.3, -0.25) is 4.79 Å². The van der Waals surface area contributed by atoms with Crippen molar-refractivity contribution < 1.29 is 9.53 Å². The zero-order valence-electron chi connectivity index (χ0n) is 16.3. The highest BCUT2D eigenvalue weighted by molar-refractivity contribution is 7.80. The third kappa shape index (κ3) is 3.81. The molecule has 1 amide bonds. The van der Waals surface area contributed by atoms with Crippen molar-refractivity contribution in [3.8, 4) is 17.1 Å². The topological polar surface area (TPSA) is 67.0 Å². The molecule has 0 radical (unpaired) electrons. The van der Waals surface area contributed by atoms with E-state index in [1.54, 1.807) is 7.11 Å². The second kappa shape index (κ2) is 7.27. The number of nitrogens with one attached hydrogen (secondary N) is 2. The first-order valence-electron chi connectivity index (χ1n) is 8.84. The van der Waals surface area contributed by atoms with Gasteiger partial charge in [0.1, 0.15) is 11.6 Å². The monoisotopic (exact) mass is 383 g/mol. The van der Waals surface area contributed by atoms with E-state index < -0.39 is 0 Å². The van der Waals surface area contributed by atoms with Crippen molar-refractivity contribution in [1.29, 1.82) is 0 Å². The van der Waals surface area contributed by atoms with E-state index in [9.17, 15) is 4.79 Å². The number of benzene rings is 2. The van der Waals surface area contributed by atoms with Gasteiger partial charge in [0, 0.05) is 23.8 Å². The van der Waals surface area contributed by atoms with E-state index in [0.717, 1.165) is 38.4 Å². The molecular weight excluding hydrogens is 358 g/mol. The summed E-state index contributed by atoms with van der Waals surface area (Å²) in [5, 5.41) is 2.90. The summed E-state index contributed by atoms with van der Waals surface area (Å²) in [5.41, 5.74) is 4.68. The summed E-state index contributed by atoms with van der Waals surface area (Å²) in [6.45, 7) is 8.31. The number of H-pyrrole nitrogens is 1. The van der Waals surface area contributed by atoms with Crippen LogP contribution in [-0.4, -0.2) is 29.5 Å². The Kier molecular flexibility index (Phi) is 5.20. The fourth-order valence-electron chi connectivity index (χ4n) is 3.06. The number of ether oxygens (including phenoxy) is 1. The first-order valence-corrected chi connectivity index (χ1v) is 9.29. The number of imidazole rings is 1. The summed E-state index contributed by atoms with van der Waals surface area (Å²) < 4.78 is 5.56. The Hall–Kier alpha value is -2.47. The molecule has 3 aromatic rings. The molecule has 1 aromatic heterocycles. The number of aromatic nitrogens is 2. The Balaban J connectivity index is 2.02. The molecule has 0 aliphatic rings. The van der Waals surface area contributed by atoms with Gasteiger partial charge in [-0.05, 0) is 36.2 Å². The molecule has 0 aliphatic heterocycles. The van der Waals surface area contributed by atoms with E-state index in [1.165, 1.54) is 6.92 Å². The molecule has 3 rings (SSSR count). The van der Waals surface area contributed by atoms with Crippen LogP contribution in [0.1, 0.15) is 31.9 Å². The standard InChI is InChI=1S/C21H25N3O2S/c1-12-6-8-15(18(26-5)19(12)27)20-23-16-9-7-14(10-17(16)24-20)21(3,4)11-22-13(2)25/h6-10,27H,11H2,1-5H3,(H,22,25)(H,23,24). The third-order valence-electron chi connectivity index (χ3n) is 4.84. The second-order valence-corrected chi connectivity index (χ2v) is 7.87. The van der Waals surface area contributed by atoms with Crippen LogP contribution >= 0.6 is 12.6 Å². The van der Waals surface area contributed by atoms with Gasteiger partial charge < -0.3 is 15.0 Å². The maximum absolute atomic E-state index is 11.3. The molecule has 2 aromatic carbocycles. The summed E-state index contributed by atoms with van der Waals surface area (Å²) in [6, 6.07) is 10.2. The summed E-state index contributed by atoms with van der Waals surface area (Å²) in [7, 11) is 1.64. The molecule has 0 unspecified atom stereocenters. The third-order valence-corrected chi connectivity index (χ3v) is 5.39. The Bertz CT molecular complexity index is 1010. The quantitative estimate of drug-likeness (QED) is 0.577. The number of thiol groups is 1. The SMILES string of the molecule is COc1c(-c2nc3cc(C(C)(C)CNC(C)=O)ccc3[nH]2)ccc(C)c1S. The number of amides is 1. The Labute approximate surface area is 164 Å². The molecule has 0 saturated heterocycles. The minimum absolute atomic E-state index is 0.0276. The lowest BCUT2D eigenvalue weighted by Gasteiger charge is -2.25. The number of carbonyl (C=O) groups is 1. The molecule has 142 valence electrons. The summed E-state index contributed by atoms with van der Waals surface area (Å²) in [6.07, 6.45) is 0. The highest BCUT2D eigenvalue weighted by Gasteiger charge is 2.22. The van der Waals surface area contributed by atoms with Gasteiger partial charge >= 0.3 is 0 Å². The minimum atomic E-state index is -0.196. The van der Waals surface area contributed by atoms with Gasteiger partial charge in [-0.1, -0.05) is 26.0 Å².